The Kier molecular flexibility index (Phi) is 8.70. The summed E-state index contributed by atoms with van der Waals surface area (Å²) in [6.07, 6.45) is 9.21. The maximum atomic E-state index is 5.94. The van der Waals surface area contributed by atoms with Crippen molar-refractivity contribution in [3.63, 3.8) is 0 Å². The molecule has 0 amide bonds. The molecule has 1 aliphatic carbocycles. The monoisotopic (exact) mass is 256 g/mol. The standard InChI is InChI=1S/C16H32O2/c1-4-5-11-17-12-6-13-18-16-9-7-15(8-10-16)14(2)3/h14-16H,4-13H2,1-3H3. The number of rotatable bonds is 9. The van der Waals surface area contributed by atoms with Crippen LogP contribution in [0.1, 0.15) is 65.7 Å². The molecule has 2 heteroatoms. The summed E-state index contributed by atoms with van der Waals surface area (Å²) in [7, 11) is 0. The van der Waals surface area contributed by atoms with Gasteiger partial charge < -0.3 is 9.47 Å². The highest BCUT2D eigenvalue weighted by Gasteiger charge is 2.23. The number of unbranched alkanes of at least 4 members (excludes halogenated alkanes) is 1. The Bertz CT molecular complexity index is 184. The van der Waals surface area contributed by atoms with Crippen LogP contribution in [0.15, 0.2) is 0 Å². The molecule has 108 valence electrons. The Morgan fingerprint density at radius 2 is 1.61 bits per heavy atom. The van der Waals surface area contributed by atoms with Crippen LogP contribution in [-0.4, -0.2) is 25.9 Å². The molecule has 1 rings (SSSR count). The van der Waals surface area contributed by atoms with Crippen LogP contribution in [0, 0.1) is 11.8 Å². The van der Waals surface area contributed by atoms with Gasteiger partial charge in [0.05, 0.1) is 6.10 Å². The molecular weight excluding hydrogens is 224 g/mol. The predicted octanol–water partition coefficient (Wildman–Crippen LogP) is 4.42. The highest BCUT2D eigenvalue weighted by atomic mass is 16.5. The van der Waals surface area contributed by atoms with Crippen molar-refractivity contribution >= 4 is 0 Å². The molecule has 0 aliphatic heterocycles. The topological polar surface area (TPSA) is 18.5 Å². The van der Waals surface area contributed by atoms with Gasteiger partial charge in [-0.1, -0.05) is 27.2 Å². The molecule has 1 fully saturated rings. The van der Waals surface area contributed by atoms with E-state index in [-0.39, 0.29) is 0 Å². The molecular formula is C16H32O2. The van der Waals surface area contributed by atoms with Gasteiger partial charge in [0.1, 0.15) is 0 Å². The zero-order chi connectivity index (χ0) is 13.2. The summed E-state index contributed by atoms with van der Waals surface area (Å²) in [4.78, 5) is 0. The van der Waals surface area contributed by atoms with E-state index in [4.69, 9.17) is 9.47 Å². The average Bonchev–Trinajstić information content (AvgIpc) is 2.38. The molecule has 0 N–H and O–H groups in total. The van der Waals surface area contributed by atoms with Crippen LogP contribution in [0.3, 0.4) is 0 Å². The molecule has 0 bridgehead atoms. The van der Waals surface area contributed by atoms with Crippen molar-refractivity contribution in [2.24, 2.45) is 11.8 Å². The molecule has 0 aromatic rings. The van der Waals surface area contributed by atoms with Crippen LogP contribution in [-0.2, 0) is 9.47 Å². The highest BCUT2D eigenvalue weighted by Crippen LogP contribution is 2.31. The van der Waals surface area contributed by atoms with Gasteiger partial charge in [0, 0.05) is 19.8 Å². The Balaban J connectivity index is 1.91. The predicted molar refractivity (Wildman–Crippen MR) is 76.9 cm³/mol. The molecule has 1 saturated carbocycles. The van der Waals surface area contributed by atoms with Crippen LogP contribution in [0.25, 0.3) is 0 Å². The highest BCUT2D eigenvalue weighted by molar-refractivity contribution is 4.74. The van der Waals surface area contributed by atoms with Gasteiger partial charge in [0.2, 0.25) is 0 Å². The van der Waals surface area contributed by atoms with Crippen LogP contribution in [0.4, 0.5) is 0 Å². The van der Waals surface area contributed by atoms with Crippen molar-refractivity contribution in [2.45, 2.75) is 71.8 Å². The van der Waals surface area contributed by atoms with Crippen molar-refractivity contribution in [3.05, 3.63) is 0 Å². The summed E-state index contributed by atoms with van der Waals surface area (Å²) in [5.41, 5.74) is 0. The molecule has 0 aromatic carbocycles. The maximum Gasteiger partial charge on any atom is 0.0575 e. The van der Waals surface area contributed by atoms with Crippen molar-refractivity contribution in [2.75, 3.05) is 19.8 Å². The first-order chi connectivity index (χ1) is 8.74. The second-order valence-corrected chi connectivity index (χ2v) is 5.97. The van der Waals surface area contributed by atoms with Crippen molar-refractivity contribution in [1.82, 2.24) is 0 Å². The molecule has 0 aromatic heterocycles. The number of ether oxygens (including phenoxy) is 2. The molecule has 2 nitrogen and oxygen atoms in total. The largest absolute Gasteiger partial charge is 0.381 e. The van der Waals surface area contributed by atoms with Gasteiger partial charge in [-0.05, 0) is 50.4 Å². The minimum Gasteiger partial charge on any atom is -0.381 e. The molecule has 1 aliphatic rings. The Morgan fingerprint density at radius 3 is 2.22 bits per heavy atom. The van der Waals surface area contributed by atoms with Crippen LogP contribution in [0.2, 0.25) is 0 Å². The fourth-order valence-electron chi connectivity index (χ4n) is 2.68. The summed E-state index contributed by atoms with van der Waals surface area (Å²) < 4.78 is 11.5. The first-order valence-corrected chi connectivity index (χ1v) is 7.93. The zero-order valence-electron chi connectivity index (χ0n) is 12.6. The second kappa shape index (κ2) is 9.80. The van der Waals surface area contributed by atoms with Gasteiger partial charge >= 0.3 is 0 Å². The minimum atomic E-state index is 0.524. The van der Waals surface area contributed by atoms with Gasteiger partial charge in [-0.25, -0.2) is 0 Å². The third kappa shape index (κ3) is 6.75. The minimum absolute atomic E-state index is 0.524. The van der Waals surface area contributed by atoms with Crippen LogP contribution in [0.5, 0.6) is 0 Å². The van der Waals surface area contributed by atoms with E-state index in [2.05, 4.69) is 20.8 Å². The Morgan fingerprint density at radius 1 is 0.944 bits per heavy atom. The summed E-state index contributed by atoms with van der Waals surface area (Å²) in [5, 5.41) is 0. The van der Waals surface area contributed by atoms with Crippen molar-refractivity contribution in [1.29, 1.82) is 0 Å². The van der Waals surface area contributed by atoms with E-state index in [9.17, 15) is 0 Å². The molecule has 0 unspecified atom stereocenters. The van der Waals surface area contributed by atoms with Crippen LogP contribution < -0.4 is 0 Å². The zero-order valence-corrected chi connectivity index (χ0v) is 12.6. The smallest absolute Gasteiger partial charge is 0.0575 e. The molecule has 0 atom stereocenters. The fraction of sp³-hybridized carbons (Fsp3) is 1.00. The third-order valence-electron chi connectivity index (χ3n) is 4.09. The van der Waals surface area contributed by atoms with Gasteiger partial charge in [-0.2, -0.15) is 0 Å². The van der Waals surface area contributed by atoms with Crippen molar-refractivity contribution in [3.8, 4) is 0 Å². The lowest BCUT2D eigenvalue weighted by Crippen LogP contribution is -2.24. The quantitative estimate of drug-likeness (QED) is 0.568. The maximum absolute atomic E-state index is 5.94. The van der Waals surface area contributed by atoms with Gasteiger partial charge in [-0.3, -0.25) is 0 Å². The summed E-state index contributed by atoms with van der Waals surface area (Å²) >= 11 is 0. The van der Waals surface area contributed by atoms with E-state index in [0.717, 1.165) is 38.1 Å². The first-order valence-electron chi connectivity index (χ1n) is 7.93. The van der Waals surface area contributed by atoms with E-state index >= 15 is 0 Å². The van der Waals surface area contributed by atoms with Gasteiger partial charge in [0.15, 0.2) is 0 Å². The summed E-state index contributed by atoms with van der Waals surface area (Å²) in [6.45, 7) is 9.54. The lowest BCUT2D eigenvalue weighted by Gasteiger charge is -2.30. The third-order valence-corrected chi connectivity index (χ3v) is 4.09. The van der Waals surface area contributed by atoms with Crippen molar-refractivity contribution < 1.29 is 9.47 Å². The first kappa shape index (κ1) is 16.0. The number of hydrogen-bond donors (Lipinski definition) is 0. The lowest BCUT2D eigenvalue weighted by atomic mass is 9.80. The molecule has 0 heterocycles. The van der Waals surface area contributed by atoms with Crippen LogP contribution >= 0.6 is 0 Å². The normalized spacial score (nSPS) is 24.7. The average molecular weight is 256 g/mol. The lowest BCUT2D eigenvalue weighted by molar-refractivity contribution is 0.00155. The van der Waals surface area contributed by atoms with E-state index in [1.54, 1.807) is 0 Å². The molecule has 0 spiro atoms. The fourth-order valence-corrected chi connectivity index (χ4v) is 2.68. The van der Waals surface area contributed by atoms with Gasteiger partial charge in [-0.15, -0.1) is 0 Å². The summed E-state index contributed by atoms with van der Waals surface area (Å²) in [6, 6.07) is 0. The second-order valence-electron chi connectivity index (χ2n) is 5.97. The SMILES string of the molecule is CCCCOCCCOC1CCC(C(C)C)CC1. The Hall–Kier alpha value is -0.0800. The van der Waals surface area contributed by atoms with E-state index in [0.29, 0.717) is 6.10 Å². The van der Waals surface area contributed by atoms with E-state index in [1.807, 2.05) is 0 Å². The number of hydrogen-bond acceptors (Lipinski definition) is 2. The van der Waals surface area contributed by atoms with Gasteiger partial charge in [0.25, 0.3) is 0 Å². The van der Waals surface area contributed by atoms with E-state index < -0.39 is 0 Å². The Labute approximate surface area is 113 Å². The summed E-state index contributed by atoms with van der Waals surface area (Å²) in [5.74, 6) is 1.78. The molecule has 0 saturated heterocycles. The molecule has 18 heavy (non-hydrogen) atoms. The molecule has 0 radical (unpaired) electrons. The van der Waals surface area contributed by atoms with E-state index in [1.165, 1.54) is 38.5 Å².